The van der Waals surface area contributed by atoms with Gasteiger partial charge in [-0.2, -0.15) is 0 Å². The largest absolute Gasteiger partial charge is 0.497 e. The number of ether oxygens (including phenoxy) is 1. The second-order valence-electron chi connectivity index (χ2n) is 6.37. The van der Waals surface area contributed by atoms with Gasteiger partial charge in [0.1, 0.15) is 16.5 Å². The second-order valence-corrected chi connectivity index (χ2v) is 7.99. The van der Waals surface area contributed by atoms with Gasteiger partial charge in [0.25, 0.3) is 10.0 Å². The zero-order valence-corrected chi connectivity index (χ0v) is 16.1. The van der Waals surface area contributed by atoms with Crippen LogP contribution in [-0.2, 0) is 16.6 Å². The highest BCUT2D eigenvalue weighted by Crippen LogP contribution is 2.31. The lowest BCUT2D eigenvalue weighted by Gasteiger charge is -2.06. The number of aliphatic imine (C=N–C) groups is 1. The Morgan fingerprint density at radius 2 is 1.69 bits per heavy atom. The standard InChI is InChI=1S/C20H22N2O3S/c1-13-5-8-17(11-14(13)2)19-15(3)20(22-26(19,23)24)21-12-16-6-9-18(25-4)10-7-16/h5-11H,12H2,1-4H3,(H,21,22). The summed E-state index contributed by atoms with van der Waals surface area (Å²) in [5.41, 5.74) is 4.49. The molecule has 0 bridgehead atoms. The number of methoxy groups -OCH3 is 1. The Bertz CT molecular complexity index is 1000. The molecule has 0 radical (unpaired) electrons. The molecular formula is C20H22N2O3S. The van der Waals surface area contributed by atoms with Gasteiger partial charge in [-0.3, -0.25) is 9.71 Å². The molecule has 0 unspecified atom stereocenters. The van der Waals surface area contributed by atoms with Gasteiger partial charge in [-0.05, 0) is 55.2 Å². The highest BCUT2D eigenvalue weighted by atomic mass is 32.2. The van der Waals surface area contributed by atoms with Crippen LogP contribution in [0.4, 0.5) is 0 Å². The van der Waals surface area contributed by atoms with E-state index in [1.807, 2.05) is 56.3 Å². The zero-order chi connectivity index (χ0) is 18.9. The van der Waals surface area contributed by atoms with Gasteiger partial charge in [-0.15, -0.1) is 0 Å². The van der Waals surface area contributed by atoms with Crippen LogP contribution in [0.5, 0.6) is 5.75 Å². The number of sulfonamides is 1. The molecule has 2 aromatic carbocycles. The number of aryl methyl sites for hydroxylation is 2. The molecule has 0 saturated heterocycles. The van der Waals surface area contributed by atoms with Crippen molar-refractivity contribution in [3.8, 4) is 5.75 Å². The van der Waals surface area contributed by atoms with Crippen molar-refractivity contribution in [3.05, 3.63) is 70.3 Å². The van der Waals surface area contributed by atoms with Gasteiger partial charge in [0, 0.05) is 5.57 Å². The number of hydrogen-bond acceptors (Lipinski definition) is 4. The molecule has 0 spiro atoms. The van der Waals surface area contributed by atoms with E-state index in [9.17, 15) is 8.42 Å². The minimum atomic E-state index is -3.60. The van der Waals surface area contributed by atoms with E-state index in [2.05, 4.69) is 9.71 Å². The summed E-state index contributed by atoms with van der Waals surface area (Å²) in [4.78, 5) is 4.77. The van der Waals surface area contributed by atoms with Crippen LogP contribution < -0.4 is 9.46 Å². The predicted molar refractivity (Wildman–Crippen MR) is 105 cm³/mol. The smallest absolute Gasteiger partial charge is 0.264 e. The first-order valence-corrected chi connectivity index (χ1v) is 9.79. The van der Waals surface area contributed by atoms with Crippen LogP contribution in [0.25, 0.3) is 4.91 Å². The minimum Gasteiger partial charge on any atom is -0.497 e. The molecule has 1 aliphatic heterocycles. The summed E-state index contributed by atoms with van der Waals surface area (Å²) in [6, 6.07) is 13.2. The van der Waals surface area contributed by atoms with Gasteiger partial charge in [0.2, 0.25) is 0 Å². The van der Waals surface area contributed by atoms with Gasteiger partial charge in [-0.25, -0.2) is 8.42 Å². The molecule has 1 aliphatic rings. The molecule has 136 valence electrons. The summed E-state index contributed by atoms with van der Waals surface area (Å²) in [7, 11) is -1.99. The number of benzene rings is 2. The third-order valence-corrected chi connectivity index (χ3v) is 6.08. The lowest BCUT2D eigenvalue weighted by atomic mass is 10.0. The molecule has 26 heavy (non-hydrogen) atoms. The minimum absolute atomic E-state index is 0.300. The molecule has 5 nitrogen and oxygen atoms in total. The van der Waals surface area contributed by atoms with Crippen LogP contribution in [0.1, 0.15) is 29.2 Å². The van der Waals surface area contributed by atoms with Crippen molar-refractivity contribution < 1.29 is 13.2 Å². The van der Waals surface area contributed by atoms with Crippen LogP contribution >= 0.6 is 0 Å². The molecule has 0 amide bonds. The fourth-order valence-corrected chi connectivity index (χ4v) is 4.38. The lowest BCUT2D eigenvalue weighted by molar-refractivity contribution is 0.414. The van der Waals surface area contributed by atoms with Crippen LogP contribution in [0.2, 0.25) is 0 Å². The zero-order valence-electron chi connectivity index (χ0n) is 15.3. The molecule has 0 fully saturated rings. The van der Waals surface area contributed by atoms with Crippen LogP contribution in [0, 0.1) is 13.8 Å². The van der Waals surface area contributed by atoms with Gasteiger partial charge < -0.3 is 4.74 Å². The monoisotopic (exact) mass is 370 g/mol. The van der Waals surface area contributed by atoms with Crippen molar-refractivity contribution in [1.29, 1.82) is 0 Å². The maximum absolute atomic E-state index is 12.6. The molecule has 1 heterocycles. The Kier molecular flexibility index (Phi) is 4.87. The molecule has 1 N–H and O–H groups in total. The molecule has 0 aromatic heterocycles. The molecular weight excluding hydrogens is 348 g/mol. The van der Waals surface area contributed by atoms with Crippen LogP contribution in [0.3, 0.4) is 0 Å². The van der Waals surface area contributed by atoms with Gasteiger partial charge in [0.15, 0.2) is 0 Å². The highest BCUT2D eigenvalue weighted by molar-refractivity contribution is 8.00. The summed E-state index contributed by atoms with van der Waals surface area (Å²) in [6.45, 7) is 6.15. The molecule has 0 aliphatic carbocycles. The van der Waals surface area contributed by atoms with Gasteiger partial charge >= 0.3 is 0 Å². The fraction of sp³-hybridized carbons (Fsp3) is 0.250. The Balaban J connectivity index is 1.94. The number of hydrogen-bond donors (Lipinski definition) is 1. The van der Waals surface area contributed by atoms with Crippen molar-refractivity contribution in [2.24, 2.45) is 4.99 Å². The van der Waals surface area contributed by atoms with E-state index in [1.165, 1.54) is 0 Å². The highest BCUT2D eigenvalue weighted by Gasteiger charge is 2.32. The Hall–Kier alpha value is -2.60. The van der Waals surface area contributed by atoms with E-state index in [0.717, 1.165) is 22.4 Å². The molecule has 0 atom stereocenters. The van der Waals surface area contributed by atoms with Gasteiger partial charge in [0.05, 0.1) is 13.7 Å². The third-order valence-electron chi connectivity index (χ3n) is 4.54. The molecule has 6 heteroatoms. The van der Waals surface area contributed by atoms with Crippen molar-refractivity contribution in [2.45, 2.75) is 27.3 Å². The number of amidine groups is 1. The normalized spacial score (nSPS) is 17.5. The van der Waals surface area contributed by atoms with Crippen LogP contribution in [-0.4, -0.2) is 21.4 Å². The van der Waals surface area contributed by atoms with E-state index in [4.69, 9.17) is 4.74 Å². The molecule has 3 rings (SSSR count). The first kappa shape index (κ1) is 18.2. The summed E-state index contributed by atoms with van der Waals surface area (Å²) in [5.74, 6) is 1.17. The Morgan fingerprint density at radius 1 is 1.00 bits per heavy atom. The Morgan fingerprint density at radius 3 is 2.31 bits per heavy atom. The summed E-state index contributed by atoms with van der Waals surface area (Å²) in [6.07, 6.45) is 0. The van der Waals surface area contributed by atoms with Crippen molar-refractivity contribution in [1.82, 2.24) is 4.72 Å². The van der Waals surface area contributed by atoms with Crippen molar-refractivity contribution in [2.75, 3.05) is 7.11 Å². The summed E-state index contributed by atoms with van der Waals surface area (Å²) >= 11 is 0. The first-order valence-electron chi connectivity index (χ1n) is 8.31. The number of nitrogens with one attached hydrogen (secondary N) is 1. The van der Waals surface area contributed by atoms with Crippen LogP contribution in [0.15, 0.2) is 53.0 Å². The first-order chi connectivity index (χ1) is 12.3. The third kappa shape index (κ3) is 3.51. The lowest BCUT2D eigenvalue weighted by Crippen LogP contribution is -2.23. The van der Waals surface area contributed by atoms with Crippen molar-refractivity contribution in [3.63, 3.8) is 0 Å². The van der Waals surface area contributed by atoms with E-state index in [1.54, 1.807) is 14.0 Å². The molecule has 0 saturated carbocycles. The second kappa shape index (κ2) is 6.96. The molecule has 2 aromatic rings. The summed E-state index contributed by atoms with van der Waals surface area (Å²) < 4.78 is 32.9. The maximum Gasteiger partial charge on any atom is 0.264 e. The number of nitrogens with zero attached hydrogens (tertiary/aromatic N) is 1. The summed E-state index contributed by atoms with van der Waals surface area (Å²) in [5, 5.41) is 0. The van der Waals surface area contributed by atoms with E-state index >= 15 is 0 Å². The topological polar surface area (TPSA) is 67.8 Å². The quantitative estimate of drug-likeness (QED) is 0.894. The number of rotatable bonds is 4. The SMILES string of the molecule is COc1ccc(CN=C2NS(=O)(=O)C(c3ccc(C)c(C)c3)=C2C)cc1. The van der Waals surface area contributed by atoms with E-state index < -0.39 is 10.0 Å². The maximum atomic E-state index is 12.6. The average molecular weight is 370 g/mol. The van der Waals surface area contributed by atoms with E-state index in [0.29, 0.717) is 28.4 Å². The van der Waals surface area contributed by atoms with Gasteiger partial charge in [-0.1, -0.05) is 30.3 Å². The fourth-order valence-electron chi connectivity index (χ4n) is 2.87. The van der Waals surface area contributed by atoms with E-state index in [-0.39, 0.29) is 0 Å². The average Bonchev–Trinajstić information content (AvgIpc) is 2.84. The van der Waals surface area contributed by atoms with Crippen molar-refractivity contribution >= 4 is 20.8 Å². The Labute approximate surface area is 154 Å². The predicted octanol–water partition coefficient (Wildman–Crippen LogP) is 3.57.